The Morgan fingerprint density at radius 2 is 1.70 bits per heavy atom. The summed E-state index contributed by atoms with van der Waals surface area (Å²) >= 11 is 0. The maximum Gasteiger partial charge on any atom is 0.253 e. The van der Waals surface area contributed by atoms with Crippen LogP contribution >= 0.6 is 0 Å². The SMILES string of the molecule is CC(=O)c1ccc(F)cc1-c1ccc(C(=O)N(C)C2CCN(C)CC2)cc1. The van der Waals surface area contributed by atoms with Gasteiger partial charge in [0, 0.05) is 24.2 Å². The number of nitrogens with zero attached hydrogens (tertiary/aromatic N) is 2. The van der Waals surface area contributed by atoms with E-state index < -0.39 is 5.82 Å². The van der Waals surface area contributed by atoms with Crippen LogP contribution in [0, 0.1) is 5.82 Å². The van der Waals surface area contributed by atoms with E-state index >= 15 is 0 Å². The summed E-state index contributed by atoms with van der Waals surface area (Å²) in [6, 6.07) is 11.4. The summed E-state index contributed by atoms with van der Waals surface area (Å²) in [5, 5.41) is 0. The normalized spacial score (nSPS) is 15.6. The minimum Gasteiger partial charge on any atom is -0.339 e. The van der Waals surface area contributed by atoms with Crippen molar-refractivity contribution in [2.24, 2.45) is 0 Å². The highest BCUT2D eigenvalue weighted by Gasteiger charge is 2.24. The second-order valence-corrected chi connectivity index (χ2v) is 7.27. The molecule has 1 heterocycles. The van der Waals surface area contributed by atoms with E-state index in [2.05, 4.69) is 11.9 Å². The first-order valence-electron chi connectivity index (χ1n) is 9.23. The molecule has 0 bridgehead atoms. The number of carbonyl (C=O) groups excluding carboxylic acids is 2. The lowest BCUT2D eigenvalue weighted by Gasteiger charge is -2.35. The monoisotopic (exact) mass is 368 g/mol. The average molecular weight is 368 g/mol. The van der Waals surface area contributed by atoms with E-state index in [4.69, 9.17) is 0 Å². The highest BCUT2D eigenvalue weighted by Crippen LogP contribution is 2.26. The van der Waals surface area contributed by atoms with E-state index in [9.17, 15) is 14.0 Å². The third-order valence-electron chi connectivity index (χ3n) is 5.36. The lowest BCUT2D eigenvalue weighted by atomic mass is 9.96. The van der Waals surface area contributed by atoms with Crippen molar-refractivity contribution in [1.82, 2.24) is 9.80 Å². The van der Waals surface area contributed by atoms with Gasteiger partial charge in [0.2, 0.25) is 0 Å². The van der Waals surface area contributed by atoms with Gasteiger partial charge in [-0.15, -0.1) is 0 Å². The first-order valence-corrected chi connectivity index (χ1v) is 9.23. The van der Waals surface area contributed by atoms with E-state index in [1.807, 2.05) is 11.9 Å². The Balaban J connectivity index is 1.80. The molecule has 3 rings (SSSR count). The Hall–Kier alpha value is -2.53. The molecule has 0 aliphatic carbocycles. The maximum absolute atomic E-state index is 13.7. The van der Waals surface area contributed by atoms with E-state index in [-0.39, 0.29) is 17.7 Å². The predicted molar refractivity (Wildman–Crippen MR) is 104 cm³/mol. The Morgan fingerprint density at radius 1 is 1.07 bits per heavy atom. The standard InChI is InChI=1S/C22H25FN2O2/c1-15(26)20-9-8-18(23)14-21(20)16-4-6-17(7-5-16)22(27)25(3)19-10-12-24(2)13-11-19/h4-9,14,19H,10-13H2,1-3H3. The zero-order valence-corrected chi connectivity index (χ0v) is 16.0. The largest absolute Gasteiger partial charge is 0.339 e. The van der Waals surface area contributed by atoms with Crippen LogP contribution in [0.5, 0.6) is 0 Å². The summed E-state index contributed by atoms with van der Waals surface area (Å²) in [6.07, 6.45) is 1.95. The fourth-order valence-corrected chi connectivity index (χ4v) is 3.61. The Morgan fingerprint density at radius 3 is 2.30 bits per heavy atom. The fraction of sp³-hybridized carbons (Fsp3) is 0.364. The van der Waals surface area contributed by atoms with Crippen molar-refractivity contribution in [2.45, 2.75) is 25.8 Å². The number of hydrogen-bond donors (Lipinski definition) is 0. The molecule has 0 radical (unpaired) electrons. The minimum atomic E-state index is -0.392. The molecule has 1 fully saturated rings. The summed E-state index contributed by atoms with van der Waals surface area (Å²) in [7, 11) is 3.95. The van der Waals surface area contributed by atoms with Crippen LogP contribution in [0.4, 0.5) is 4.39 Å². The third kappa shape index (κ3) is 4.25. The number of hydrogen-bond acceptors (Lipinski definition) is 3. The van der Waals surface area contributed by atoms with Gasteiger partial charge in [-0.25, -0.2) is 4.39 Å². The Bertz CT molecular complexity index is 840. The van der Waals surface area contributed by atoms with Crippen LogP contribution < -0.4 is 0 Å². The summed E-state index contributed by atoms with van der Waals surface area (Å²) in [5.41, 5.74) is 2.34. The summed E-state index contributed by atoms with van der Waals surface area (Å²) in [4.78, 5) is 28.7. The minimum absolute atomic E-state index is 0.0119. The molecule has 2 aromatic carbocycles. The molecule has 1 aliphatic rings. The van der Waals surface area contributed by atoms with Gasteiger partial charge in [-0.1, -0.05) is 12.1 Å². The van der Waals surface area contributed by atoms with Gasteiger partial charge in [-0.2, -0.15) is 0 Å². The average Bonchev–Trinajstić information content (AvgIpc) is 2.67. The van der Waals surface area contributed by atoms with Gasteiger partial charge < -0.3 is 9.80 Å². The van der Waals surface area contributed by atoms with Gasteiger partial charge in [0.25, 0.3) is 5.91 Å². The van der Waals surface area contributed by atoms with Crippen molar-refractivity contribution in [3.05, 3.63) is 59.4 Å². The molecule has 4 nitrogen and oxygen atoms in total. The summed E-state index contributed by atoms with van der Waals surface area (Å²) < 4.78 is 13.7. The van der Waals surface area contributed by atoms with Crippen LogP contribution in [-0.4, -0.2) is 54.7 Å². The number of amides is 1. The van der Waals surface area contributed by atoms with Crippen molar-refractivity contribution < 1.29 is 14.0 Å². The van der Waals surface area contributed by atoms with Crippen LogP contribution in [0.1, 0.15) is 40.5 Å². The molecule has 0 unspecified atom stereocenters. The number of Topliss-reactive ketones (excluding diaryl/α,β-unsaturated/α-hetero) is 1. The number of rotatable bonds is 4. The van der Waals surface area contributed by atoms with Gasteiger partial charge in [0.15, 0.2) is 5.78 Å². The van der Waals surface area contributed by atoms with Crippen molar-refractivity contribution in [3.63, 3.8) is 0 Å². The van der Waals surface area contributed by atoms with E-state index in [1.165, 1.54) is 25.1 Å². The van der Waals surface area contributed by atoms with Gasteiger partial charge in [-0.3, -0.25) is 9.59 Å². The van der Waals surface area contributed by atoms with Crippen molar-refractivity contribution >= 4 is 11.7 Å². The number of likely N-dealkylation sites (tertiary alicyclic amines) is 1. The quantitative estimate of drug-likeness (QED) is 0.770. The van der Waals surface area contributed by atoms with E-state index in [0.29, 0.717) is 16.7 Å². The lowest BCUT2D eigenvalue weighted by Crippen LogP contribution is -2.44. The summed E-state index contributed by atoms with van der Waals surface area (Å²) in [5.74, 6) is -0.522. The lowest BCUT2D eigenvalue weighted by molar-refractivity contribution is 0.0659. The Kier molecular flexibility index (Phi) is 5.71. The number of ketones is 1. The molecule has 0 N–H and O–H groups in total. The first-order chi connectivity index (χ1) is 12.9. The van der Waals surface area contributed by atoms with Crippen LogP contribution in [0.3, 0.4) is 0 Å². The van der Waals surface area contributed by atoms with Crippen LogP contribution in [-0.2, 0) is 0 Å². The van der Waals surface area contributed by atoms with E-state index in [0.717, 1.165) is 31.5 Å². The Labute approximate surface area is 159 Å². The van der Waals surface area contributed by atoms with E-state index in [1.54, 1.807) is 24.3 Å². The van der Waals surface area contributed by atoms with Crippen LogP contribution in [0.2, 0.25) is 0 Å². The number of halogens is 1. The molecule has 0 atom stereocenters. The molecule has 2 aromatic rings. The molecular weight excluding hydrogens is 343 g/mol. The molecule has 27 heavy (non-hydrogen) atoms. The van der Waals surface area contributed by atoms with Crippen molar-refractivity contribution in [1.29, 1.82) is 0 Å². The number of piperidine rings is 1. The second-order valence-electron chi connectivity index (χ2n) is 7.27. The van der Waals surface area contributed by atoms with Gasteiger partial charge >= 0.3 is 0 Å². The fourth-order valence-electron chi connectivity index (χ4n) is 3.61. The predicted octanol–water partition coefficient (Wildman–Crippen LogP) is 3.86. The zero-order chi connectivity index (χ0) is 19.6. The van der Waals surface area contributed by atoms with Gasteiger partial charge in [0.05, 0.1) is 0 Å². The van der Waals surface area contributed by atoms with Gasteiger partial charge in [0.1, 0.15) is 5.82 Å². The molecule has 142 valence electrons. The number of benzene rings is 2. The maximum atomic E-state index is 13.7. The smallest absolute Gasteiger partial charge is 0.253 e. The summed E-state index contributed by atoms with van der Waals surface area (Å²) in [6.45, 7) is 3.45. The van der Waals surface area contributed by atoms with Crippen LogP contribution in [0.25, 0.3) is 11.1 Å². The number of carbonyl (C=O) groups is 2. The third-order valence-corrected chi connectivity index (χ3v) is 5.36. The van der Waals surface area contributed by atoms with Gasteiger partial charge in [-0.05, 0) is 81.4 Å². The van der Waals surface area contributed by atoms with Crippen molar-refractivity contribution in [2.75, 3.05) is 27.2 Å². The van der Waals surface area contributed by atoms with Crippen LogP contribution in [0.15, 0.2) is 42.5 Å². The first kappa shape index (κ1) is 19.2. The highest BCUT2D eigenvalue weighted by atomic mass is 19.1. The second kappa shape index (κ2) is 8.01. The molecule has 5 heteroatoms. The topological polar surface area (TPSA) is 40.6 Å². The molecule has 0 spiro atoms. The highest BCUT2D eigenvalue weighted by molar-refractivity contribution is 6.01. The zero-order valence-electron chi connectivity index (χ0n) is 16.0. The molecule has 1 aliphatic heterocycles. The molecule has 0 saturated carbocycles. The molecule has 0 aromatic heterocycles. The molecule has 1 amide bonds. The molecule has 1 saturated heterocycles. The van der Waals surface area contributed by atoms with Crippen molar-refractivity contribution in [3.8, 4) is 11.1 Å². The molecular formula is C22H25FN2O2.